The summed E-state index contributed by atoms with van der Waals surface area (Å²) in [7, 11) is 0. The van der Waals surface area contributed by atoms with Gasteiger partial charge in [0.2, 0.25) is 5.91 Å². The van der Waals surface area contributed by atoms with Gasteiger partial charge in [0.1, 0.15) is 0 Å². The van der Waals surface area contributed by atoms with Crippen LogP contribution in [0.25, 0.3) is 0 Å². The van der Waals surface area contributed by atoms with Crippen molar-refractivity contribution in [1.29, 1.82) is 0 Å². The minimum atomic E-state index is -0.926. The molecule has 3 rings (SSSR count). The number of aliphatic carboxylic acids is 1. The molecule has 0 radical (unpaired) electrons. The first-order valence-corrected chi connectivity index (χ1v) is 7.36. The van der Waals surface area contributed by atoms with E-state index in [9.17, 15) is 14.7 Å². The molecule has 5 heteroatoms. The normalized spacial score (nSPS) is 30.3. The highest BCUT2D eigenvalue weighted by Crippen LogP contribution is 2.43. The number of nitrogens with one attached hydrogen (secondary N) is 1. The minimum absolute atomic E-state index is 0.189. The molecule has 21 heavy (non-hydrogen) atoms. The molecule has 0 spiro atoms. The molecule has 1 amide bonds. The van der Waals surface area contributed by atoms with Crippen LogP contribution < -0.4 is 5.32 Å². The number of fused-ring (bicyclic) bond motifs is 2. The summed E-state index contributed by atoms with van der Waals surface area (Å²) in [5, 5.41) is 12.2. The standard InChI is InChI=1S/C16H19NO4/c18-15(17-9-8-10-4-2-1-3-5-10)13-11-6-7-12(21-11)14(13)16(19)20/h1-5,11-14H,6-9H2,(H,17,18)(H,19,20)/t11-,12-,13-,14-/m1/s1. The van der Waals surface area contributed by atoms with Crippen LogP contribution in [0, 0.1) is 11.8 Å². The molecule has 2 saturated heterocycles. The maximum absolute atomic E-state index is 12.3. The summed E-state index contributed by atoms with van der Waals surface area (Å²) < 4.78 is 5.60. The van der Waals surface area contributed by atoms with E-state index in [4.69, 9.17) is 4.74 Å². The Morgan fingerprint density at radius 3 is 2.48 bits per heavy atom. The second-order valence-electron chi connectivity index (χ2n) is 5.71. The molecule has 112 valence electrons. The van der Waals surface area contributed by atoms with Crippen LogP contribution in [0.3, 0.4) is 0 Å². The van der Waals surface area contributed by atoms with Crippen molar-refractivity contribution < 1.29 is 19.4 Å². The number of benzene rings is 1. The second kappa shape index (κ2) is 5.85. The highest BCUT2D eigenvalue weighted by atomic mass is 16.5. The van der Waals surface area contributed by atoms with E-state index in [0.29, 0.717) is 6.54 Å². The molecule has 0 saturated carbocycles. The molecule has 2 aliphatic heterocycles. The van der Waals surface area contributed by atoms with Crippen molar-refractivity contribution in [1.82, 2.24) is 5.32 Å². The van der Waals surface area contributed by atoms with Crippen molar-refractivity contribution in [2.24, 2.45) is 11.8 Å². The van der Waals surface area contributed by atoms with E-state index in [1.807, 2.05) is 30.3 Å². The fourth-order valence-corrected chi connectivity index (χ4v) is 3.42. The van der Waals surface area contributed by atoms with Crippen molar-refractivity contribution in [3.8, 4) is 0 Å². The first-order chi connectivity index (χ1) is 10.2. The summed E-state index contributed by atoms with van der Waals surface area (Å²) >= 11 is 0. The van der Waals surface area contributed by atoms with Gasteiger partial charge in [0.05, 0.1) is 24.0 Å². The molecule has 2 bridgehead atoms. The molecule has 0 aliphatic carbocycles. The van der Waals surface area contributed by atoms with Gasteiger partial charge in [0.25, 0.3) is 0 Å². The summed E-state index contributed by atoms with van der Waals surface area (Å²) in [4.78, 5) is 23.6. The zero-order chi connectivity index (χ0) is 14.8. The van der Waals surface area contributed by atoms with Crippen LogP contribution in [0.1, 0.15) is 18.4 Å². The average Bonchev–Trinajstić information content (AvgIpc) is 3.08. The van der Waals surface area contributed by atoms with Gasteiger partial charge in [0.15, 0.2) is 0 Å². The molecule has 5 nitrogen and oxygen atoms in total. The Bertz CT molecular complexity index is 530. The number of carbonyl (C=O) groups excluding carboxylic acids is 1. The number of carboxylic acid groups (broad SMARTS) is 1. The molecule has 2 heterocycles. The largest absolute Gasteiger partial charge is 0.481 e. The monoisotopic (exact) mass is 289 g/mol. The van der Waals surface area contributed by atoms with Crippen LogP contribution in [0.5, 0.6) is 0 Å². The van der Waals surface area contributed by atoms with E-state index in [1.54, 1.807) is 0 Å². The van der Waals surface area contributed by atoms with Gasteiger partial charge in [-0.15, -0.1) is 0 Å². The van der Waals surface area contributed by atoms with Gasteiger partial charge in [-0.2, -0.15) is 0 Å². The highest BCUT2D eigenvalue weighted by molar-refractivity contribution is 5.86. The fourth-order valence-electron chi connectivity index (χ4n) is 3.42. The first-order valence-electron chi connectivity index (χ1n) is 7.36. The Morgan fingerprint density at radius 1 is 1.14 bits per heavy atom. The quantitative estimate of drug-likeness (QED) is 0.854. The number of hydrogen-bond donors (Lipinski definition) is 2. The lowest BCUT2D eigenvalue weighted by atomic mass is 9.78. The molecule has 4 atom stereocenters. The van der Waals surface area contributed by atoms with Gasteiger partial charge in [-0.3, -0.25) is 9.59 Å². The molecule has 2 aliphatic rings. The summed E-state index contributed by atoms with van der Waals surface area (Å²) in [6.07, 6.45) is 1.75. The van der Waals surface area contributed by atoms with Crippen molar-refractivity contribution in [3.05, 3.63) is 35.9 Å². The fraction of sp³-hybridized carbons (Fsp3) is 0.500. The number of hydrogen-bond acceptors (Lipinski definition) is 3. The third-order valence-electron chi connectivity index (χ3n) is 4.42. The van der Waals surface area contributed by atoms with Gasteiger partial charge in [-0.1, -0.05) is 30.3 Å². The van der Waals surface area contributed by atoms with Crippen LogP contribution in [0.4, 0.5) is 0 Å². The molecular formula is C16H19NO4. The lowest BCUT2D eigenvalue weighted by Gasteiger charge is -2.23. The number of rotatable bonds is 5. The lowest BCUT2D eigenvalue weighted by Crippen LogP contribution is -2.44. The molecule has 2 N–H and O–H groups in total. The molecule has 1 aromatic carbocycles. The van der Waals surface area contributed by atoms with Crippen molar-refractivity contribution in [3.63, 3.8) is 0 Å². The molecule has 0 unspecified atom stereocenters. The van der Waals surface area contributed by atoms with E-state index in [2.05, 4.69) is 5.32 Å². The van der Waals surface area contributed by atoms with E-state index >= 15 is 0 Å². The number of ether oxygens (including phenoxy) is 1. The third kappa shape index (κ3) is 2.78. The Kier molecular flexibility index (Phi) is 3.92. The summed E-state index contributed by atoms with van der Waals surface area (Å²) in [5.74, 6) is -2.35. The lowest BCUT2D eigenvalue weighted by molar-refractivity contribution is -0.147. The van der Waals surface area contributed by atoms with Gasteiger partial charge in [0, 0.05) is 6.54 Å². The van der Waals surface area contributed by atoms with Crippen LogP contribution in [0.2, 0.25) is 0 Å². The van der Waals surface area contributed by atoms with Crippen LogP contribution in [-0.4, -0.2) is 35.7 Å². The SMILES string of the molecule is O=C(O)[C@H]1[C@H](C(=O)NCCc2ccccc2)[C@H]2CC[C@H]1O2. The maximum atomic E-state index is 12.3. The number of amides is 1. The predicted molar refractivity (Wildman–Crippen MR) is 75.7 cm³/mol. The van der Waals surface area contributed by atoms with Crippen molar-refractivity contribution >= 4 is 11.9 Å². The van der Waals surface area contributed by atoms with E-state index in [1.165, 1.54) is 0 Å². The van der Waals surface area contributed by atoms with E-state index in [0.717, 1.165) is 24.8 Å². The molecule has 0 aromatic heterocycles. The van der Waals surface area contributed by atoms with Crippen LogP contribution in [0.15, 0.2) is 30.3 Å². The maximum Gasteiger partial charge on any atom is 0.310 e. The number of carboxylic acids is 1. The van der Waals surface area contributed by atoms with Gasteiger partial charge in [-0.05, 0) is 24.8 Å². The summed E-state index contributed by atoms with van der Waals surface area (Å²) in [6, 6.07) is 9.88. The van der Waals surface area contributed by atoms with E-state index < -0.39 is 17.8 Å². The second-order valence-corrected chi connectivity index (χ2v) is 5.71. The number of carbonyl (C=O) groups is 2. The third-order valence-corrected chi connectivity index (χ3v) is 4.42. The van der Waals surface area contributed by atoms with Crippen molar-refractivity contribution in [2.75, 3.05) is 6.54 Å². The molecule has 2 fully saturated rings. The van der Waals surface area contributed by atoms with Gasteiger partial charge >= 0.3 is 5.97 Å². The Labute approximate surface area is 123 Å². The van der Waals surface area contributed by atoms with Crippen LogP contribution in [-0.2, 0) is 20.7 Å². The van der Waals surface area contributed by atoms with Crippen LogP contribution >= 0.6 is 0 Å². The van der Waals surface area contributed by atoms with Gasteiger partial charge in [-0.25, -0.2) is 0 Å². The zero-order valence-corrected chi connectivity index (χ0v) is 11.7. The smallest absolute Gasteiger partial charge is 0.310 e. The molecular weight excluding hydrogens is 270 g/mol. The minimum Gasteiger partial charge on any atom is -0.481 e. The Morgan fingerprint density at radius 2 is 1.81 bits per heavy atom. The van der Waals surface area contributed by atoms with Crippen molar-refractivity contribution in [2.45, 2.75) is 31.5 Å². The zero-order valence-electron chi connectivity index (χ0n) is 11.7. The van der Waals surface area contributed by atoms with Gasteiger partial charge < -0.3 is 15.2 Å². The van der Waals surface area contributed by atoms with E-state index in [-0.39, 0.29) is 18.1 Å². The average molecular weight is 289 g/mol. The Hall–Kier alpha value is -1.88. The summed E-state index contributed by atoms with van der Waals surface area (Å²) in [6.45, 7) is 0.517. The summed E-state index contributed by atoms with van der Waals surface area (Å²) in [5.41, 5.74) is 1.15. The Balaban J connectivity index is 1.56. The predicted octanol–water partition coefficient (Wildman–Crippen LogP) is 1.22. The molecule has 1 aromatic rings. The first kappa shape index (κ1) is 14.1. The highest BCUT2D eigenvalue weighted by Gasteiger charge is 2.55. The topological polar surface area (TPSA) is 75.6 Å².